The van der Waals surface area contributed by atoms with E-state index in [-0.39, 0.29) is 6.61 Å². The van der Waals surface area contributed by atoms with E-state index >= 15 is 0 Å². The molecule has 0 radical (unpaired) electrons. The lowest BCUT2D eigenvalue weighted by Gasteiger charge is -2.22. The van der Waals surface area contributed by atoms with E-state index in [0.29, 0.717) is 13.0 Å². The highest BCUT2D eigenvalue weighted by Crippen LogP contribution is 2.25. The average molecular weight is 253 g/mol. The minimum atomic E-state index is -0.795. The molecule has 0 heterocycles. The fourth-order valence-electron chi connectivity index (χ4n) is 1.49. The van der Waals surface area contributed by atoms with Crippen molar-refractivity contribution in [1.82, 2.24) is 5.32 Å². The van der Waals surface area contributed by atoms with Crippen LogP contribution in [0.15, 0.2) is 18.2 Å². The molecule has 0 aliphatic heterocycles. The molecule has 0 fully saturated rings. The second-order valence-electron chi connectivity index (χ2n) is 4.64. The quantitative estimate of drug-likeness (QED) is 0.780. The summed E-state index contributed by atoms with van der Waals surface area (Å²) in [4.78, 5) is 0. The number of hydrogen-bond acceptors (Lipinski definition) is 4. The van der Waals surface area contributed by atoms with Crippen LogP contribution in [-0.2, 0) is 6.54 Å². The monoisotopic (exact) mass is 253 g/mol. The van der Waals surface area contributed by atoms with Crippen molar-refractivity contribution in [2.75, 3.05) is 20.8 Å². The zero-order valence-corrected chi connectivity index (χ0v) is 11.6. The van der Waals surface area contributed by atoms with E-state index < -0.39 is 5.60 Å². The van der Waals surface area contributed by atoms with Crippen LogP contribution in [0.4, 0.5) is 0 Å². The van der Waals surface area contributed by atoms with Gasteiger partial charge in [-0.2, -0.15) is 0 Å². The van der Waals surface area contributed by atoms with Gasteiger partial charge in [-0.1, -0.05) is 6.92 Å². The number of benzene rings is 1. The highest BCUT2D eigenvalue weighted by molar-refractivity contribution is 5.40. The van der Waals surface area contributed by atoms with Crippen LogP contribution in [0.2, 0.25) is 0 Å². The predicted octanol–water partition coefficient (Wildman–Crippen LogP) is 1.95. The second-order valence-corrected chi connectivity index (χ2v) is 4.64. The first-order valence-corrected chi connectivity index (χ1v) is 6.19. The molecule has 102 valence electrons. The van der Waals surface area contributed by atoms with Crippen molar-refractivity contribution >= 4 is 0 Å². The highest BCUT2D eigenvalue weighted by Gasteiger charge is 2.19. The van der Waals surface area contributed by atoms with Crippen molar-refractivity contribution in [3.05, 3.63) is 23.8 Å². The molecule has 1 unspecified atom stereocenters. The summed E-state index contributed by atoms with van der Waals surface area (Å²) in [5.74, 6) is 1.58. The fourth-order valence-corrected chi connectivity index (χ4v) is 1.49. The number of nitrogens with one attached hydrogen (secondary N) is 1. The molecule has 18 heavy (non-hydrogen) atoms. The van der Waals surface area contributed by atoms with Crippen LogP contribution >= 0.6 is 0 Å². The van der Waals surface area contributed by atoms with E-state index in [1.165, 1.54) is 0 Å². The Balaban J connectivity index is 2.80. The molecule has 0 saturated heterocycles. The Morgan fingerprint density at radius 1 is 1.39 bits per heavy atom. The van der Waals surface area contributed by atoms with Crippen LogP contribution in [-0.4, -0.2) is 31.5 Å². The molecule has 0 aromatic heterocycles. The fraction of sp³-hybridized carbons (Fsp3) is 0.571. The Kier molecular flexibility index (Phi) is 5.44. The molecule has 4 heteroatoms. The second kappa shape index (κ2) is 6.61. The Labute approximate surface area is 109 Å². The van der Waals surface area contributed by atoms with Gasteiger partial charge in [0.25, 0.3) is 0 Å². The Hall–Kier alpha value is -1.26. The molecule has 0 spiro atoms. The van der Waals surface area contributed by atoms with Gasteiger partial charge in [-0.05, 0) is 38.6 Å². The van der Waals surface area contributed by atoms with E-state index in [1.54, 1.807) is 14.0 Å². The van der Waals surface area contributed by atoms with Crippen molar-refractivity contribution in [2.45, 2.75) is 32.4 Å². The van der Waals surface area contributed by atoms with Gasteiger partial charge in [-0.25, -0.2) is 0 Å². The molecular weight excluding hydrogens is 230 g/mol. The first-order valence-electron chi connectivity index (χ1n) is 6.19. The SMILES string of the molecule is CCC(C)(O)COc1ccc(OC)cc1CNC. The van der Waals surface area contributed by atoms with E-state index in [0.717, 1.165) is 17.1 Å². The van der Waals surface area contributed by atoms with Crippen molar-refractivity contribution in [3.8, 4) is 11.5 Å². The molecule has 4 nitrogen and oxygen atoms in total. The molecular formula is C14H23NO3. The Bertz CT molecular complexity index is 377. The van der Waals surface area contributed by atoms with Crippen molar-refractivity contribution < 1.29 is 14.6 Å². The van der Waals surface area contributed by atoms with Crippen molar-refractivity contribution in [3.63, 3.8) is 0 Å². The summed E-state index contributed by atoms with van der Waals surface area (Å²) >= 11 is 0. The molecule has 2 N–H and O–H groups in total. The van der Waals surface area contributed by atoms with Crippen LogP contribution in [0.1, 0.15) is 25.8 Å². The van der Waals surface area contributed by atoms with E-state index in [1.807, 2.05) is 32.2 Å². The van der Waals surface area contributed by atoms with E-state index in [2.05, 4.69) is 5.32 Å². The molecule has 0 saturated carbocycles. The predicted molar refractivity (Wildman–Crippen MR) is 72.2 cm³/mol. The molecule has 0 amide bonds. The standard InChI is InChI=1S/C14H23NO3/c1-5-14(2,16)10-18-13-7-6-12(17-4)8-11(13)9-15-3/h6-8,15-16H,5,9-10H2,1-4H3. The van der Waals surface area contributed by atoms with Gasteiger partial charge in [0.2, 0.25) is 0 Å². The normalized spacial score (nSPS) is 14.1. The maximum absolute atomic E-state index is 9.94. The summed E-state index contributed by atoms with van der Waals surface area (Å²) in [6.45, 7) is 4.69. The molecule has 0 aliphatic carbocycles. The minimum absolute atomic E-state index is 0.284. The third-order valence-electron chi connectivity index (χ3n) is 2.94. The number of methoxy groups -OCH3 is 1. The Morgan fingerprint density at radius 2 is 2.11 bits per heavy atom. The molecule has 1 atom stereocenters. The summed E-state index contributed by atoms with van der Waals surface area (Å²) in [6, 6.07) is 5.67. The third kappa shape index (κ3) is 4.20. The van der Waals surface area contributed by atoms with E-state index in [4.69, 9.17) is 9.47 Å². The first kappa shape index (κ1) is 14.8. The number of aliphatic hydroxyl groups is 1. The van der Waals surface area contributed by atoms with Crippen LogP contribution < -0.4 is 14.8 Å². The highest BCUT2D eigenvalue weighted by atomic mass is 16.5. The summed E-state index contributed by atoms with van der Waals surface area (Å²) in [5.41, 5.74) is 0.223. The zero-order valence-electron chi connectivity index (χ0n) is 11.6. The smallest absolute Gasteiger partial charge is 0.124 e. The maximum atomic E-state index is 9.94. The minimum Gasteiger partial charge on any atom is -0.497 e. The van der Waals surface area contributed by atoms with Gasteiger partial charge < -0.3 is 19.9 Å². The van der Waals surface area contributed by atoms with Gasteiger partial charge in [0.1, 0.15) is 18.1 Å². The molecule has 0 aliphatic rings. The summed E-state index contributed by atoms with van der Waals surface area (Å²) in [6.07, 6.45) is 0.657. The van der Waals surface area contributed by atoms with Crippen LogP contribution in [0.5, 0.6) is 11.5 Å². The van der Waals surface area contributed by atoms with Crippen LogP contribution in [0, 0.1) is 0 Å². The van der Waals surface area contributed by atoms with Gasteiger partial charge in [-0.3, -0.25) is 0 Å². The molecule has 1 aromatic rings. The van der Waals surface area contributed by atoms with Crippen molar-refractivity contribution in [1.29, 1.82) is 0 Å². The maximum Gasteiger partial charge on any atom is 0.124 e. The van der Waals surface area contributed by atoms with Crippen molar-refractivity contribution in [2.24, 2.45) is 0 Å². The average Bonchev–Trinajstić information content (AvgIpc) is 2.37. The van der Waals surface area contributed by atoms with Gasteiger partial charge in [0.05, 0.1) is 12.7 Å². The van der Waals surface area contributed by atoms with Gasteiger partial charge >= 0.3 is 0 Å². The summed E-state index contributed by atoms with van der Waals surface area (Å²) in [5, 5.41) is 13.0. The Morgan fingerprint density at radius 3 is 2.67 bits per heavy atom. The summed E-state index contributed by atoms with van der Waals surface area (Å²) in [7, 11) is 3.52. The largest absolute Gasteiger partial charge is 0.497 e. The van der Waals surface area contributed by atoms with Gasteiger partial charge in [0.15, 0.2) is 0 Å². The number of rotatable bonds is 7. The first-order chi connectivity index (χ1) is 8.52. The van der Waals surface area contributed by atoms with E-state index in [9.17, 15) is 5.11 Å². The summed E-state index contributed by atoms with van der Waals surface area (Å²) < 4.78 is 10.9. The number of hydrogen-bond donors (Lipinski definition) is 2. The van der Waals surface area contributed by atoms with Gasteiger partial charge in [0, 0.05) is 12.1 Å². The molecule has 1 rings (SSSR count). The lowest BCUT2D eigenvalue weighted by molar-refractivity contribution is 0.00815. The topological polar surface area (TPSA) is 50.7 Å². The van der Waals surface area contributed by atoms with Crippen LogP contribution in [0.3, 0.4) is 0 Å². The van der Waals surface area contributed by atoms with Gasteiger partial charge in [-0.15, -0.1) is 0 Å². The van der Waals surface area contributed by atoms with Crippen LogP contribution in [0.25, 0.3) is 0 Å². The molecule has 1 aromatic carbocycles. The lowest BCUT2D eigenvalue weighted by atomic mass is 10.1. The lowest BCUT2D eigenvalue weighted by Crippen LogP contribution is -2.31. The number of ether oxygens (including phenoxy) is 2. The molecule has 0 bridgehead atoms. The third-order valence-corrected chi connectivity index (χ3v) is 2.94. The zero-order chi connectivity index (χ0) is 13.6.